The quantitative estimate of drug-likeness (QED) is 0.385. The molecule has 1 aliphatic carbocycles. The van der Waals surface area contributed by atoms with Crippen molar-refractivity contribution in [2.45, 2.75) is 65.7 Å². The highest BCUT2D eigenvalue weighted by Gasteiger charge is 2.29. The van der Waals surface area contributed by atoms with Crippen molar-refractivity contribution in [2.75, 3.05) is 6.61 Å². The maximum Gasteiger partial charge on any atom is 0.408 e. The lowest BCUT2D eigenvalue weighted by molar-refractivity contribution is -0.0525. The smallest absolute Gasteiger partial charge is 0.408 e. The summed E-state index contributed by atoms with van der Waals surface area (Å²) in [5, 5.41) is 2.59. The first-order chi connectivity index (χ1) is 15.9. The van der Waals surface area contributed by atoms with Gasteiger partial charge in [0, 0.05) is 12.5 Å². The lowest BCUT2D eigenvalue weighted by Gasteiger charge is -2.24. The summed E-state index contributed by atoms with van der Waals surface area (Å²) in [6.07, 6.45) is 2.27. The van der Waals surface area contributed by atoms with Gasteiger partial charge < -0.3 is 28.7 Å². The fourth-order valence-corrected chi connectivity index (χ4v) is 2.99. The van der Waals surface area contributed by atoms with E-state index in [9.17, 15) is 18.4 Å². The van der Waals surface area contributed by atoms with E-state index in [-0.39, 0.29) is 46.9 Å². The molecule has 1 N–H and O–H groups in total. The Morgan fingerprint density at radius 2 is 1.94 bits per heavy atom. The van der Waals surface area contributed by atoms with Gasteiger partial charge in [-0.2, -0.15) is 8.78 Å². The lowest BCUT2D eigenvalue weighted by atomic mass is 10.1. The number of alkyl halides is 2. The van der Waals surface area contributed by atoms with Gasteiger partial charge in [0.1, 0.15) is 11.9 Å². The molecule has 1 aliphatic rings. The Morgan fingerprint density at radius 1 is 1.24 bits per heavy atom. The van der Waals surface area contributed by atoms with E-state index in [1.165, 1.54) is 12.1 Å². The molecule has 11 heteroatoms. The number of amides is 1. The van der Waals surface area contributed by atoms with Gasteiger partial charge in [-0.1, -0.05) is 0 Å². The number of benzene rings is 1. The van der Waals surface area contributed by atoms with Crippen LogP contribution in [0.1, 0.15) is 68.5 Å². The Hall–Kier alpha value is -3.37. The molecule has 186 valence electrons. The van der Waals surface area contributed by atoms with Gasteiger partial charge in [0.25, 0.3) is 0 Å². The molecule has 1 heterocycles. The number of rotatable bonds is 9. The number of hydrogen-bond donors (Lipinski definition) is 1. The average molecular weight is 482 g/mol. The van der Waals surface area contributed by atoms with Crippen molar-refractivity contribution in [3.8, 4) is 17.2 Å². The van der Waals surface area contributed by atoms with Gasteiger partial charge in [-0.3, -0.25) is 0 Å². The summed E-state index contributed by atoms with van der Waals surface area (Å²) in [5.74, 6) is -0.978. The van der Waals surface area contributed by atoms with Crippen LogP contribution in [-0.4, -0.2) is 35.9 Å². The van der Waals surface area contributed by atoms with Crippen LogP contribution in [0.4, 0.5) is 13.6 Å². The van der Waals surface area contributed by atoms with Crippen LogP contribution >= 0.6 is 0 Å². The molecule has 0 bridgehead atoms. The normalized spacial score (nSPS) is 14.5. The molecule has 1 aromatic carbocycles. The van der Waals surface area contributed by atoms with E-state index in [4.69, 9.17) is 23.4 Å². The van der Waals surface area contributed by atoms with Gasteiger partial charge >= 0.3 is 18.7 Å². The molecule has 1 amide bonds. The van der Waals surface area contributed by atoms with Crippen molar-refractivity contribution in [2.24, 2.45) is 5.92 Å². The largest absolute Gasteiger partial charge is 0.486 e. The first-order valence-corrected chi connectivity index (χ1v) is 10.8. The van der Waals surface area contributed by atoms with Gasteiger partial charge in [0.2, 0.25) is 5.75 Å². The van der Waals surface area contributed by atoms with E-state index in [1.807, 2.05) is 0 Å². The Labute approximate surface area is 195 Å². The molecular weight excluding hydrogens is 454 g/mol. The molecule has 9 nitrogen and oxygen atoms in total. The molecule has 1 aromatic heterocycles. The second kappa shape index (κ2) is 10.3. The molecule has 0 spiro atoms. The molecule has 1 atom stereocenters. The monoisotopic (exact) mass is 482 g/mol. The number of carbonyl (C=O) groups is 2. The third-order valence-corrected chi connectivity index (χ3v) is 4.70. The van der Waals surface area contributed by atoms with Crippen LogP contribution in [0.5, 0.6) is 17.2 Å². The van der Waals surface area contributed by atoms with Gasteiger partial charge in [-0.05, 0) is 58.6 Å². The van der Waals surface area contributed by atoms with Gasteiger partial charge in [0.15, 0.2) is 23.1 Å². The Kier molecular flexibility index (Phi) is 7.63. The van der Waals surface area contributed by atoms with Crippen molar-refractivity contribution in [1.29, 1.82) is 0 Å². The highest BCUT2D eigenvalue weighted by atomic mass is 19.3. The number of esters is 1. The number of alkyl carbamates (subject to hydrolysis) is 1. The van der Waals surface area contributed by atoms with E-state index >= 15 is 0 Å². The number of hydrogen-bond acceptors (Lipinski definition) is 8. The molecule has 3 rings (SSSR count). The maximum atomic E-state index is 13.4. The van der Waals surface area contributed by atoms with Crippen LogP contribution in [0.15, 0.2) is 22.8 Å². The zero-order chi connectivity index (χ0) is 25.0. The number of nitrogens with one attached hydrogen (secondary N) is 1. The van der Waals surface area contributed by atoms with Gasteiger partial charge in [0.05, 0.1) is 12.6 Å². The topological polar surface area (TPSA) is 109 Å². The van der Waals surface area contributed by atoms with Crippen LogP contribution in [0.3, 0.4) is 0 Å². The van der Waals surface area contributed by atoms with Crippen molar-refractivity contribution in [3.63, 3.8) is 0 Å². The van der Waals surface area contributed by atoms with Crippen molar-refractivity contribution < 1.29 is 41.7 Å². The summed E-state index contributed by atoms with van der Waals surface area (Å²) < 4.78 is 53.0. The predicted octanol–water partition coefficient (Wildman–Crippen LogP) is 5.18. The minimum Gasteiger partial charge on any atom is -0.486 e. The summed E-state index contributed by atoms with van der Waals surface area (Å²) >= 11 is 0. The third kappa shape index (κ3) is 7.06. The van der Waals surface area contributed by atoms with Crippen molar-refractivity contribution in [1.82, 2.24) is 10.3 Å². The second-order valence-electron chi connectivity index (χ2n) is 8.95. The molecule has 0 aliphatic heterocycles. The van der Waals surface area contributed by atoms with Crippen LogP contribution in [0, 0.1) is 12.8 Å². The number of ether oxygens (including phenoxy) is 4. The zero-order valence-corrected chi connectivity index (χ0v) is 19.6. The summed E-state index contributed by atoms with van der Waals surface area (Å²) in [5.41, 5.74) is -0.651. The van der Waals surface area contributed by atoms with E-state index in [0.29, 0.717) is 0 Å². The van der Waals surface area contributed by atoms with E-state index < -0.39 is 30.3 Å². The number of nitrogens with zero attached hydrogens (tertiary/aromatic N) is 1. The molecular formula is C23H28F2N2O7. The van der Waals surface area contributed by atoms with Crippen LogP contribution in [0.25, 0.3) is 0 Å². The SMILES string of the molecule is Cc1nc(C(=O)Oc2ccc([C@H](C)NC(=O)OC(C)(C)C)c(OC(F)F)c2OCC2CC2)co1. The lowest BCUT2D eigenvalue weighted by Crippen LogP contribution is -2.34. The molecule has 0 saturated heterocycles. The number of aromatic nitrogens is 1. The molecule has 0 unspecified atom stereocenters. The Bertz CT molecular complexity index is 1030. The molecule has 34 heavy (non-hydrogen) atoms. The Balaban J connectivity index is 1.94. The number of carbonyl (C=O) groups excluding carboxylic acids is 2. The minimum atomic E-state index is -3.19. The predicted molar refractivity (Wildman–Crippen MR) is 115 cm³/mol. The molecule has 1 fully saturated rings. The highest BCUT2D eigenvalue weighted by Crippen LogP contribution is 2.45. The first-order valence-electron chi connectivity index (χ1n) is 10.8. The van der Waals surface area contributed by atoms with Crippen molar-refractivity contribution in [3.05, 3.63) is 35.5 Å². The fraction of sp³-hybridized carbons (Fsp3) is 0.522. The minimum absolute atomic E-state index is 0.0917. The summed E-state index contributed by atoms with van der Waals surface area (Å²) in [6, 6.07) is 1.99. The average Bonchev–Trinajstić information content (AvgIpc) is 3.43. The first kappa shape index (κ1) is 25.3. The number of oxazole rings is 1. The second-order valence-corrected chi connectivity index (χ2v) is 8.95. The van der Waals surface area contributed by atoms with E-state index in [2.05, 4.69) is 10.3 Å². The molecule has 2 aromatic rings. The van der Waals surface area contributed by atoms with Gasteiger partial charge in [-0.15, -0.1) is 0 Å². The summed E-state index contributed by atoms with van der Waals surface area (Å²) in [6.45, 7) is 5.27. The zero-order valence-electron chi connectivity index (χ0n) is 19.6. The number of halogens is 2. The van der Waals surface area contributed by atoms with Crippen LogP contribution in [-0.2, 0) is 4.74 Å². The van der Waals surface area contributed by atoms with Crippen molar-refractivity contribution >= 4 is 12.1 Å². The highest BCUT2D eigenvalue weighted by molar-refractivity contribution is 5.89. The maximum absolute atomic E-state index is 13.4. The van der Waals surface area contributed by atoms with E-state index in [1.54, 1.807) is 34.6 Å². The van der Waals surface area contributed by atoms with E-state index in [0.717, 1.165) is 19.1 Å². The molecule has 0 radical (unpaired) electrons. The fourth-order valence-electron chi connectivity index (χ4n) is 2.99. The van der Waals surface area contributed by atoms with Gasteiger partial charge in [-0.25, -0.2) is 14.6 Å². The molecule has 1 saturated carbocycles. The number of aryl methyl sites for hydroxylation is 1. The summed E-state index contributed by atoms with van der Waals surface area (Å²) in [4.78, 5) is 28.6. The third-order valence-electron chi connectivity index (χ3n) is 4.70. The van der Waals surface area contributed by atoms with Crippen LogP contribution in [0.2, 0.25) is 0 Å². The van der Waals surface area contributed by atoms with Crippen LogP contribution < -0.4 is 19.5 Å². The summed E-state index contributed by atoms with van der Waals surface area (Å²) in [7, 11) is 0. The Morgan fingerprint density at radius 3 is 2.50 bits per heavy atom. The standard InChI is InChI=1S/C23H28F2N2O7/c1-12(26-22(29)34-23(3,4)5)15-8-9-17(32-20(28)16-11-30-13(2)27-16)19(18(15)33-21(24)25)31-10-14-6-7-14/h8-9,11-12,14,21H,6-7,10H2,1-5H3,(H,26,29)/t12-/m0/s1.